The largest absolute Gasteiger partial charge is 0.756 e. The van der Waals surface area contributed by atoms with Crippen LogP contribution in [-0.2, 0) is 18.4 Å². The number of likely N-dealkylation sites (N-methyl/N-ethyl adjacent to an activating group) is 1. The van der Waals surface area contributed by atoms with Gasteiger partial charge in [0.25, 0.3) is 7.82 Å². The molecule has 0 aliphatic carbocycles. The summed E-state index contributed by atoms with van der Waals surface area (Å²) in [6.07, 6.45) is 39.0. The van der Waals surface area contributed by atoms with Crippen molar-refractivity contribution in [2.45, 2.75) is 180 Å². The zero-order chi connectivity index (χ0) is 37.2. The number of carbonyl (C=O) groups excluding carboxylic acids is 1. The van der Waals surface area contributed by atoms with Gasteiger partial charge in [-0.3, -0.25) is 9.36 Å². The Hall–Kier alpha value is -1.28. The summed E-state index contributed by atoms with van der Waals surface area (Å²) in [7, 11) is 1.23. The van der Waals surface area contributed by atoms with Crippen LogP contribution >= 0.6 is 7.82 Å². The quantitative estimate of drug-likeness (QED) is 0.0288. The van der Waals surface area contributed by atoms with Crippen LogP contribution in [0.25, 0.3) is 0 Å². The van der Waals surface area contributed by atoms with Crippen LogP contribution in [0.4, 0.5) is 0 Å². The van der Waals surface area contributed by atoms with Gasteiger partial charge in [-0.2, -0.15) is 0 Å². The highest BCUT2D eigenvalue weighted by Gasteiger charge is 2.23. The number of quaternary nitrogens is 1. The maximum atomic E-state index is 12.8. The summed E-state index contributed by atoms with van der Waals surface area (Å²) in [5.41, 5.74) is 0. The number of aliphatic hydroxyl groups is 1. The van der Waals surface area contributed by atoms with E-state index in [0.29, 0.717) is 17.4 Å². The molecule has 294 valence electrons. The third kappa shape index (κ3) is 35.1. The minimum absolute atomic E-state index is 0.00826. The van der Waals surface area contributed by atoms with E-state index in [1.165, 1.54) is 96.3 Å². The predicted octanol–water partition coefficient (Wildman–Crippen LogP) is 10.1. The number of hydrogen-bond donors (Lipinski definition) is 2. The van der Waals surface area contributed by atoms with Crippen molar-refractivity contribution in [2.24, 2.45) is 0 Å². The average molecular weight is 727 g/mol. The summed E-state index contributed by atoms with van der Waals surface area (Å²) in [4.78, 5) is 25.2. The molecule has 8 nitrogen and oxygen atoms in total. The first kappa shape index (κ1) is 48.7. The van der Waals surface area contributed by atoms with Crippen LogP contribution in [0.5, 0.6) is 0 Å². The maximum absolute atomic E-state index is 12.8. The van der Waals surface area contributed by atoms with Crippen molar-refractivity contribution in [3.05, 3.63) is 36.5 Å². The van der Waals surface area contributed by atoms with E-state index in [1.54, 1.807) is 6.08 Å². The van der Waals surface area contributed by atoms with Gasteiger partial charge < -0.3 is 28.8 Å². The Balaban J connectivity index is 4.53. The van der Waals surface area contributed by atoms with Crippen LogP contribution in [0.15, 0.2) is 36.5 Å². The number of unbranched alkanes of at least 4 members (excludes halogenated alkanes) is 19. The molecule has 0 aliphatic rings. The first-order chi connectivity index (χ1) is 24.0. The number of nitrogens with zero attached hydrogens (tertiary/aromatic N) is 1. The number of allylic oxidation sites excluding steroid dienone is 5. The number of phosphoric ester groups is 1. The lowest BCUT2D eigenvalue weighted by Crippen LogP contribution is -2.45. The predicted molar refractivity (Wildman–Crippen MR) is 210 cm³/mol. The molecule has 3 atom stereocenters. The van der Waals surface area contributed by atoms with Gasteiger partial charge in [0, 0.05) is 6.42 Å². The lowest BCUT2D eigenvalue weighted by molar-refractivity contribution is -0.870. The summed E-state index contributed by atoms with van der Waals surface area (Å²) >= 11 is 0. The third-order valence-corrected chi connectivity index (χ3v) is 9.79. The molecule has 0 spiro atoms. The van der Waals surface area contributed by atoms with Gasteiger partial charge in [-0.1, -0.05) is 140 Å². The highest BCUT2D eigenvalue weighted by Crippen LogP contribution is 2.38. The molecular weight excluding hydrogens is 647 g/mol. The molecule has 2 N–H and O–H groups in total. The number of phosphoric acid groups is 1. The van der Waals surface area contributed by atoms with E-state index in [-0.39, 0.29) is 12.5 Å². The molecule has 0 saturated heterocycles. The molecule has 50 heavy (non-hydrogen) atoms. The monoisotopic (exact) mass is 727 g/mol. The van der Waals surface area contributed by atoms with E-state index < -0.39 is 26.6 Å². The fraction of sp³-hybridized carbons (Fsp3) is 0.829. The van der Waals surface area contributed by atoms with Crippen LogP contribution in [-0.4, -0.2) is 68.5 Å². The smallest absolute Gasteiger partial charge is 0.268 e. The van der Waals surface area contributed by atoms with E-state index in [4.69, 9.17) is 9.05 Å². The Morgan fingerprint density at radius 3 is 1.62 bits per heavy atom. The molecule has 0 bridgehead atoms. The molecule has 0 aromatic carbocycles. The highest BCUT2D eigenvalue weighted by atomic mass is 31.2. The first-order valence-electron chi connectivity index (χ1n) is 20.4. The molecule has 3 unspecified atom stereocenters. The zero-order valence-corrected chi connectivity index (χ0v) is 34.0. The van der Waals surface area contributed by atoms with Gasteiger partial charge in [0.1, 0.15) is 13.2 Å². The van der Waals surface area contributed by atoms with Crippen LogP contribution in [0, 0.1) is 0 Å². The number of rotatable bonds is 36. The van der Waals surface area contributed by atoms with E-state index in [9.17, 15) is 19.4 Å². The lowest BCUT2D eigenvalue weighted by atomic mass is 10.1. The fourth-order valence-corrected chi connectivity index (χ4v) is 6.24. The summed E-state index contributed by atoms with van der Waals surface area (Å²) < 4.78 is 23.1. The molecule has 0 fully saturated rings. The Bertz CT molecular complexity index is 917. The third-order valence-electron chi connectivity index (χ3n) is 8.82. The number of amides is 1. The fourth-order valence-electron chi connectivity index (χ4n) is 5.51. The van der Waals surface area contributed by atoms with Crippen molar-refractivity contribution in [2.75, 3.05) is 40.9 Å². The Labute approximate surface area is 308 Å². The second-order valence-corrected chi connectivity index (χ2v) is 16.4. The Morgan fingerprint density at radius 2 is 1.12 bits per heavy atom. The molecule has 0 aromatic rings. The SMILES string of the molecule is CCCCCCCC/C=C/CC/C=C/C(O)C(COP(=O)([O-])OCC[N+](C)(C)C)NC(=O)CCCCCCC/C=C\CCCCCCCCC. The molecule has 0 saturated carbocycles. The number of carbonyl (C=O) groups is 1. The van der Waals surface area contributed by atoms with Gasteiger partial charge in [0.05, 0.1) is 39.9 Å². The number of aliphatic hydroxyl groups excluding tert-OH is 1. The van der Waals surface area contributed by atoms with Crippen LogP contribution in [0.2, 0.25) is 0 Å². The van der Waals surface area contributed by atoms with Gasteiger partial charge in [0.15, 0.2) is 0 Å². The van der Waals surface area contributed by atoms with Crippen molar-refractivity contribution in [1.29, 1.82) is 0 Å². The van der Waals surface area contributed by atoms with E-state index >= 15 is 0 Å². The molecule has 0 aromatic heterocycles. The standard InChI is InChI=1S/C41H79N2O6P/c1-6-8-10-12-14-16-18-20-21-22-23-25-27-29-31-33-35-41(45)42-39(38-49-50(46,47)48-37-36-43(3,4)5)40(44)34-32-30-28-26-24-19-17-15-13-11-9-7-2/h21-22,24,26,32,34,39-40,44H,6-20,23,25,27-31,33,35-38H2,1-5H3,(H-,42,45,46,47)/b22-21-,26-24+,34-32+. The van der Waals surface area contributed by atoms with Gasteiger partial charge in [-0.15, -0.1) is 0 Å². The summed E-state index contributed by atoms with van der Waals surface area (Å²) in [6.45, 7) is 4.58. The van der Waals surface area contributed by atoms with Gasteiger partial charge in [-0.25, -0.2) is 0 Å². The van der Waals surface area contributed by atoms with E-state index in [2.05, 4.69) is 43.5 Å². The van der Waals surface area contributed by atoms with Gasteiger partial charge in [-0.05, 0) is 57.8 Å². The Kier molecular flexibility index (Phi) is 32.7. The topological polar surface area (TPSA) is 108 Å². The van der Waals surface area contributed by atoms with E-state index in [0.717, 1.165) is 51.4 Å². The molecule has 0 heterocycles. The lowest BCUT2D eigenvalue weighted by Gasteiger charge is -2.29. The highest BCUT2D eigenvalue weighted by molar-refractivity contribution is 7.45. The zero-order valence-electron chi connectivity index (χ0n) is 33.1. The van der Waals surface area contributed by atoms with Crippen LogP contribution in [0.3, 0.4) is 0 Å². The number of hydrogen-bond acceptors (Lipinski definition) is 6. The van der Waals surface area contributed by atoms with Crippen molar-refractivity contribution < 1.29 is 32.9 Å². The molecule has 1 amide bonds. The second kappa shape index (κ2) is 33.5. The van der Waals surface area contributed by atoms with Crippen LogP contribution < -0.4 is 10.2 Å². The van der Waals surface area contributed by atoms with Crippen molar-refractivity contribution in [1.82, 2.24) is 5.32 Å². The molecule has 0 radical (unpaired) electrons. The second-order valence-electron chi connectivity index (χ2n) is 15.0. The van der Waals surface area contributed by atoms with Gasteiger partial charge in [0.2, 0.25) is 5.91 Å². The summed E-state index contributed by atoms with van der Waals surface area (Å²) in [5, 5.41) is 13.7. The Morgan fingerprint density at radius 1 is 0.680 bits per heavy atom. The van der Waals surface area contributed by atoms with Crippen molar-refractivity contribution in [3.8, 4) is 0 Å². The summed E-state index contributed by atoms with van der Waals surface area (Å²) in [6, 6.07) is -0.904. The molecular formula is C41H79N2O6P. The minimum Gasteiger partial charge on any atom is -0.756 e. The summed E-state index contributed by atoms with van der Waals surface area (Å²) in [5.74, 6) is -0.219. The molecule has 0 aliphatic heterocycles. The molecule has 9 heteroatoms. The van der Waals surface area contributed by atoms with Crippen molar-refractivity contribution >= 4 is 13.7 Å². The normalized spacial score (nSPS) is 14.9. The van der Waals surface area contributed by atoms with Crippen molar-refractivity contribution in [3.63, 3.8) is 0 Å². The van der Waals surface area contributed by atoms with Gasteiger partial charge >= 0.3 is 0 Å². The maximum Gasteiger partial charge on any atom is 0.268 e. The van der Waals surface area contributed by atoms with E-state index in [1.807, 2.05) is 27.2 Å². The molecule has 0 rings (SSSR count). The number of nitrogens with one attached hydrogen (secondary N) is 1. The average Bonchev–Trinajstić information content (AvgIpc) is 3.06. The van der Waals surface area contributed by atoms with Crippen LogP contribution in [0.1, 0.15) is 168 Å². The minimum atomic E-state index is -4.59. The first-order valence-corrected chi connectivity index (χ1v) is 21.8.